The van der Waals surface area contributed by atoms with E-state index in [0.717, 1.165) is 11.8 Å². The Morgan fingerprint density at radius 3 is 2.74 bits per heavy atom. The second kappa shape index (κ2) is 9.87. The Kier molecular flexibility index (Phi) is 6.54. The molecule has 4 heterocycles. The molecule has 1 aliphatic heterocycles. The lowest BCUT2D eigenvalue weighted by Crippen LogP contribution is -2.18. The van der Waals surface area contributed by atoms with Gasteiger partial charge in [0, 0.05) is 29.0 Å². The van der Waals surface area contributed by atoms with E-state index in [2.05, 4.69) is 36.7 Å². The van der Waals surface area contributed by atoms with Crippen molar-refractivity contribution in [3.63, 3.8) is 0 Å². The molecule has 5 rings (SSSR count). The number of aromatic nitrogens is 5. The summed E-state index contributed by atoms with van der Waals surface area (Å²) >= 11 is 0. The Bertz CT molecular complexity index is 1440. The predicted molar refractivity (Wildman–Crippen MR) is 126 cm³/mol. The maximum absolute atomic E-state index is 14.7. The fraction of sp³-hybridized carbons (Fsp3) is 0.167. The number of halogens is 1. The molecule has 0 radical (unpaired) electrons. The normalized spacial score (nSPS) is 12.8. The molecule has 3 aromatic heterocycles. The van der Waals surface area contributed by atoms with Gasteiger partial charge in [-0.3, -0.25) is 14.9 Å². The van der Waals surface area contributed by atoms with E-state index in [4.69, 9.17) is 5.26 Å². The van der Waals surface area contributed by atoms with Gasteiger partial charge in [-0.15, -0.1) is 5.10 Å². The standard InChI is InChI=1S/C22H15FN8O.C2H6/c23-16-12-31-19(28-21(30-31)14-4-2-1-3-5-14)8-18(16)27-22(32)20-15(11-26-29-20)17-7-6-13(9-24)10-25-17;1-2/h1-5,8,10-12H,6-7H2,(H,26,29)(H,27,32);1-2H3. The van der Waals surface area contributed by atoms with E-state index in [1.165, 1.54) is 23.0 Å². The van der Waals surface area contributed by atoms with Crippen molar-refractivity contribution in [2.45, 2.75) is 26.7 Å². The van der Waals surface area contributed by atoms with Gasteiger partial charge in [-0.05, 0) is 12.8 Å². The highest BCUT2D eigenvalue weighted by molar-refractivity contribution is 6.13. The van der Waals surface area contributed by atoms with Crippen LogP contribution in [0.5, 0.6) is 0 Å². The molecule has 0 fully saturated rings. The lowest BCUT2D eigenvalue weighted by Gasteiger charge is -2.10. The summed E-state index contributed by atoms with van der Waals surface area (Å²) in [5.74, 6) is -0.779. The first-order valence-corrected chi connectivity index (χ1v) is 10.7. The number of fused-ring (bicyclic) bond motifs is 1. The summed E-state index contributed by atoms with van der Waals surface area (Å²) in [5, 5.41) is 22.4. The van der Waals surface area contributed by atoms with E-state index < -0.39 is 11.7 Å². The summed E-state index contributed by atoms with van der Waals surface area (Å²) in [6.07, 6.45) is 5.17. The monoisotopic (exact) mass is 456 g/mol. The van der Waals surface area contributed by atoms with Crippen molar-refractivity contribution in [1.82, 2.24) is 24.8 Å². The number of rotatable bonds is 4. The van der Waals surface area contributed by atoms with Crippen molar-refractivity contribution < 1.29 is 9.18 Å². The Hall–Kier alpha value is -4.65. The number of hydrogen-bond acceptors (Lipinski definition) is 6. The van der Waals surface area contributed by atoms with Crippen LogP contribution < -0.4 is 5.32 Å². The third-order valence-corrected chi connectivity index (χ3v) is 5.03. The number of aromatic amines is 1. The first-order valence-electron chi connectivity index (χ1n) is 10.7. The van der Waals surface area contributed by atoms with Crippen LogP contribution in [0, 0.1) is 17.1 Å². The average molecular weight is 456 g/mol. The zero-order valence-corrected chi connectivity index (χ0v) is 18.6. The molecule has 1 aliphatic rings. The minimum absolute atomic E-state index is 0.0349. The van der Waals surface area contributed by atoms with Crippen molar-refractivity contribution in [3.8, 4) is 17.5 Å². The quantitative estimate of drug-likeness (QED) is 0.467. The van der Waals surface area contributed by atoms with Crippen molar-refractivity contribution in [1.29, 1.82) is 5.26 Å². The minimum atomic E-state index is -0.659. The highest BCUT2D eigenvalue weighted by Gasteiger charge is 2.21. The van der Waals surface area contributed by atoms with Gasteiger partial charge in [-0.2, -0.15) is 10.4 Å². The molecule has 170 valence electrons. The van der Waals surface area contributed by atoms with Crippen LogP contribution in [0.15, 0.2) is 65.6 Å². The van der Waals surface area contributed by atoms with E-state index in [0.29, 0.717) is 41.2 Å². The molecular weight excluding hydrogens is 435 g/mol. The van der Waals surface area contributed by atoms with Crippen LogP contribution in [0.25, 0.3) is 17.0 Å². The van der Waals surface area contributed by atoms with E-state index >= 15 is 0 Å². The van der Waals surface area contributed by atoms with Gasteiger partial charge >= 0.3 is 0 Å². The number of H-pyrrole nitrogens is 1. The maximum Gasteiger partial charge on any atom is 0.274 e. The average Bonchev–Trinajstić information content (AvgIpc) is 3.53. The van der Waals surface area contributed by atoms with E-state index in [-0.39, 0.29) is 11.4 Å². The first-order chi connectivity index (χ1) is 16.6. The summed E-state index contributed by atoms with van der Waals surface area (Å²) in [4.78, 5) is 21.5. The number of amides is 1. The van der Waals surface area contributed by atoms with Gasteiger partial charge in [0.05, 0.1) is 29.9 Å². The second-order valence-electron chi connectivity index (χ2n) is 7.09. The third kappa shape index (κ3) is 4.45. The zero-order valence-electron chi connectivity index (χ0n) is 18.6. The topological polar surface area (TPSA) is 124 Å². The zero-order chi connectivity index (χ0) is 24.1. The van der Waals surface area contributed by atoms with E-state index in [1.807, 2.05) is 44.2 Å². The van der Waals surface area contributed by atoms with Gasteiger partial charge in [-0.25, -0.2) is 13.9 Å². The molecule has 1 amide bonds. The number of benzene rings is 1. The molecule has 0 unspecified atom stereocenters. The Morgan fingerprint density at radius 1 is 1.24 bits per heavy atom. The molecule has 9 nitrogen and oxygen atoms in total. The van der Waals surface area contributed by atoms with Crippen molar-refractivity contribution in [3.05, 3.63) is 77.6 Å². The molecule has 10 heteroatoms. The number of allylic oxidation sites excluding steroid dienone is 1. The van der Waals surface area contributed by atoms with Gasteiger partial charge in [0.1, 0.15) is 5.69 Å². The number of carbonyl (C=O) groups is 1. The van der Waals surface area contributed by atoms with Crippen LogP contribution in [-0.2, 0) is 0 Å². The lowest BCUT2D eigenvalue weighted by atomic mass is 10.0. The molecule has 4 aromatic rings. The summed E-state index contributed by atoms with van der Waals surface area (Å²) in [6, 6.07) is 12.8. The number of carbonyl (C=O) groups excluding carboxylic acids is 1. The SMILES string of the molecule is CC.N#CC1=CN=C(c2cn[nH]c2C(=O)Nc2cc3nc(-c4ccccc4)nn3cc2F)CC1. The maximum atomic E-state index is 14.7. The molecule has 34 heavy (non-hydrogen) atoms. The molecular formula is C24H21FN8O. The van der Waals surface area contributed by atoms with Gasteiger partial charge in [0.15, 0.2) is 17.3 Å². The highest BCUT2D eigenvalue weighted by Crippen LogP contribution is 2.22. The lowest BCUT2D eigenvalue weighted by molar-refractivity contribution is 0.102. The van der Waals surface area contributed by atoms with Gasteiger partial charge < -0.3 is 5.32 Å². The number of hydrogen-bond donors (Lipinski definition) is 2. The Balaban J connectivity index is 0.00000133. The molecule has 0 saturated heterocycles. The van der Waals surface area contributed by atoms with E-state index in [9.17, 15) is 9.18 Å². The molecule has 2 N–H and O–H groups in total. The largest absolute Gasteiger partial charge is 0.318 e. The molecule has 0 bridgehead atoms. The summed E-state index contributed by atoms with van der Waals surface area (Å²) in [7, 11) is 0. The van der Waals surface area contributed by atoms with Crippen LogP contribution >= 0.6 is 0 Å². The van der Waals surface area contributed by atoms with Crippen molar-refractivity contribution in [2.75, 3.05) is 5.32 Å². The minimum Gasteiger partial charge on any atom is -0.318 e. The number of pyridine rings is 1. The van der Waals surface area contributed by atoms with Crippen molar-refractivity contribution in [2.24, 2.45) is 4.99 Å². The summed E-state index contributed by atoms with van der Waals surface area (Å²) in [5.41, 5.74) is 3.01. The highest BCUT2D eigenvalue weighted by atomic mass is 19.1. The third-order valence-electron chi connectivity index (χ3n) is 5.03. The molecule has 0 atom stereocenters. The predicted octanol–water partition coefficient (Wildman–Crippen LogP) is 4.53. The molecule has 0 spiro atoms. The van der Waals surface area contributed by atoms with Crippen LogP contribution in [0.4, 0.5) is 10.1 Å². The van der Waals surface area contributed by atoms with Crippen LogP contribution in [0.2, 0.25) is 0 Å². The Labute approximate surface area is 194 Å². The van der Waals surface area contributed by atoms with Crippen LogP contribution in [-0.4, -0.2) is 36.4 Å². The fourth-order valence-electron chi connectivity index (χ4n) is 3.40. The smallest absolute Gasteiger partial charge is 0.274 e. The van der Waals surface area contributed by atoms with Crippen LogP contribution in [0.1, 0.15) is 42.7 Å². The van der Waals surface area contributed by atoms with E-state index in [1.54, 1.807) is 0 Å². The number of aliphatic imine (C=N–C) groups is 1. The van der Waals surface area contributed by atoms with Gasteiger partial charge in [0.2, 0.25) is 0 Å². The number of nitrogens with zero attached hydrogens (tertiary/aromatic N) is 6. The summed E-state index contributed by atoms with van der Waals surface area (Å²) < 4.78 is 16.0. The number of nitriles is 1. The first kappa shape index (κ1) is 22.5. The number of nitrogens with one attached hydrogen (secondary N) is 2. The number of anilines is 1. The molecule has 1 aromatic carbocycles. The van der Waals surface area contributed by atoms with Crippen molar-refractivity contribution >= 4 is 23.0 Å². The molecule has 0 saturated carbocycles. The molecule has 0 aliphatic carbocycles. The van der Waals surface area contributed by atoms with Gasteiger partial charge in [0.25, 0.3) is 5.91 Å². The summed E-state index contributed by atoms with van der Waals surface area (Å²) in [6.45, 7) is 4.00. The van der Waals surface area contributed by atoms with Gasteiger partial charge in [-0.1, -0.05) is 44.2 Å². The second-order valence-corrected chi connectivity index (χ2v) is 7.09. The van der Waals surface area contributed by atoms with Crippen LogP contribution in [0.3, 0.4) is 0 Å². The Morgan fingerprint density at radius 2 is 2.03 bits per heavy atom. The fourth-order valence-corrected chi connectivity index (χ4v) is 3.40.